The molecular formula is C9H21ClN2O2S. The summed E-state index contributed by atoms with van der Waals surface area (Å²) >= 11 is 0. The summed E-state index contributed by atoms with van der Waals surface area (Å²) < 4.78 is 25.8. The molecule has 1 rings (SSSR count). The van der Waals surface area contributed by atoms with Crippen molar-refractivity contribution in [1.29, 1.82) is 0 Å². The maximum Gasteiger partial charge on any atom is 0.211 e. The maximum absolute atomic E-state index is 11.5. The van der Waals surface area contributed by atoms with E-state index in [-0.39, 0.29) is 30.2 Å². The van der Waals surface area contributed by atoms with Gasteiger partial charge in [-0.05, 0) is 32.7 Å². The van der Waals surface area contributed by atoms with Crippen LogP contribution in [0.4, 0.5) is 0 Å². The molecule has 0 amide bonds. The van der Waals surface area contributed by atoms with E-state index >= 15 is 0 Å². The average Bonchev–Trinajstić information content (AvgIpc) is 2.08. The Labute approximate surface area is 98.7 Å². The van der Waals surface area contributed by atoms with Crippen molar-refractivity contribution in [2.75, 3.05) is 12.3 Å². The topological polar surface area (TPSA) is 58.2 Å². The van der Waals surface area contributed by atoms with Gasteiger partial charge < -0.3 is 5.32 Å². The van der Waals surface area contributed by atoms with Crippen LogP contribution in [0.1, 0.15) is 33.1 Å². The van der Waals surface area contributed by atoms with Gasteiger partial charge in [-0.15, -0.1) is 12.4 Å². The Balaban J connectivity index is 0.00000196. The third-order valence-electron chi connectivity index (χ3n) is 2.57. The molecule has 6 heteroatoms. The van der Waals surface area contributed by atoms with E-state index in [0.717, 1.165) is 19.4 Å². The van der Waals surface area contributed by atoms with E-state index in [1.165, 1.54) is 0 Å². The maximum atomic E-state index is 11.5. The second-order valence-corrected chi connectivity index (χ2v) is 5.80. The number of hydrogen-bond acceptors (Lipinski definition) is 3. The van der Waals surface area contributed by atoms with Crippen LogP contribution in [0.2, 0.25) is 0 Å². The summed E-state index contributed by atoms with van der Waals surface area (Å²) in [7, 11) is -3.05. The third kappa shape index (κ3) is 5.15. The Bertz CT molecular complexity index is 269. The number of sulfonamides is 1. The van der Waals surface area contributed by atoms with Crippen LogP contribution >= 0.6 is 12.4 Å². The second-order valence-electron chi connectivity index (χ2n) is 3.93. The van der Waals surface area contributed by atoms with E-state index in [4.69, 9.17) is 0 Å². The first-order valence-electron chi connectivity index (χ1n) is 5.28. The SMILES string of the molecule is CCCS(=O)(=O)NC1CCCNC1C.Cl. The lowest BCUT2D eigenvalue weighted by molar-refractivity contribution is 0.349. The van der Waals surface area contributed by atoms with Crippen molar-refractivity contribution in [2.45, 2.75) is 45.2 Å². The lowest BCUT2D eigenvalue weighted by atomic mass is 10.0. The smallest absolute Gasteiger partial charge is 0.211 e. The van der Waals surface area contributed by atoms with E-state index in [1.807, 2.05) is 13.8 Å². The fourth-order valence-corrected chi connectivity index (χ4v) is 3.20. The molecule has 1 aliphatic heterocycles. The van der Waals surface area contributed by atoms with Crippen LogP contribution in [0.5, 0.6) is 0 Å². The molecule has 1 fully saturated rings. The Kier molecular flexibility index (Phi) is 6.75. The number of piperidine rings is 1. The van der Waals surface area contributed by atoms with Crippen molar-refractivity contribution in [1.82, 2.24) is 10.0 Å². The Morgan fingerprint density at radius 2 is 2.13 bits per heavy atom. The van der Waals surface area contributed by atoms with E-state index in [2.05, 4.69) is 10.0 Å². The molecule has 0 aromatic heterocycles. The Morgan fingerprint density at radius 1 is 1.47 bits per heavy atom. The van der Waals surface area contributed by atoms with Gasteiger partial charge in [0.1, 0.15) is 0 Å². The Hall–Kier alpha value is 0.160. The van der Waals surface area contributed by atoms with Gasteiger partial charge in [0, 0.05) is 12.1 Å². The molecule has 2 N–H and O–H groups in total. The van der Waals surface area contributed by atoms with Crippen molar-refractivity contribution in [3.05, 3.63) is 0 Å². The number of nitrogens with one attached hydrogen (secondary N) is 2. The molecule has 15 heavy (non-hydrogen) atoms. The number of rotatable bonds is 4. The van der Waals surface area contributed by atoms with Crippen LogP contribution in [0.15, 0.2) is 0 Å². The molecule has 0 aromatic rings. The summed E-state index contributed by atoms with van der Waals surface area (Å²) in [6.07, 6.45) is 2.66. The molecule has 1 aliphatic rings. The van der Waals surface area contributed by atoms with Crippen molar-refractivity contribution < 1.29 is 8.42 Å². The zero-order valence-corrected chi connectivity index (χ0v) is 11.0. The highest BCUT2D eigenvalue weighted by atomic mass is 35.5. The quantitative estimate of drug-likeness (QED) is 0.785. The van der Waals surface area contributed by atoms with Crippen LogP contribution < -0.4 is 10.0 Å². The van der Waals surface area contributed by atoms with Gasteiger partial charge in [-0.25, -0.2) is 13.1 Å². The predicted octanol–water partition coefficient (Wildman–Crippen LogP) is 0.878. The number of halogens is 1. The summed E-state index contributed by atoms with van der Waals surface area (Å²) in [4.78, 5) is 0. The molecule has 1 saturated heterocycles. The van der Waals surface area contributed by atoms with Gasteiger partial charge in [-0.2, -0.15) is 0 Å². The monoisotopic (exact) mass is 256 g/mol. The molecule has 1 heterocycles. The second kappa shape index (κ2) is 6.68. The lowest BCUT2D eigenvalue weighted by Gasteiger charge is -2.30. The normalized spacial score (nSPS) is 27.1. The van der Waals surface area contributed by atoms with Crippen LogP contribution in [0.25, 0.3) is 0 Å². The fourth-order valence-electron chi connectivity index (χ4n) is 1.76. The zero-order chi connectivity index (χ0) is 10.6. The summed E-state index contributed by atoms with van der Waals surface area (Å²) in [5, 5.41) is 3.27. The molecular weight excluding hydrogens is 236 g/mol. The molecule has 0 aromatic carbocycles. The molecule has 0 aliphatic carbocycles. The van der Waals surface area contributed by atoms with Crippen molar-refractivity contribution >= 4 is 22.4 Å². The molecule has 0 spiro atoms. The summed E-state index contributed by atoms with van der Waals surface area (Å²) in [5.74, 6) is 0.232. The van der Waals surface area contributed by atoms with E-state index < -0.39 is 10.0 Å². The first kappa shape index (κ1) is 15.2. The van der Waals surface area contributed by atoms with Gasteiger partial charge in [0.05, 0.1) is 5.75 Å². The van der Waals surface area contributed by atoms with Gasteiger partial charge in [0.2, 0.25) is 10.0 Å². The molecule has 92 valence electrons. The molecule has 2 unspecified atom stereocenters. The van der Waals surface area contributed by atoms with Gasteiger partial charge in [-0.3, -0.25) is 0 Å². The highest BCUT2D eigenvalue weighted by molar-refractivity contribution is 7.89. The minimum absolute atomic E-state index is 0. The first-order chi connectivity index (χ1) is 6.55. The van der Waals surface area contributed by atoms with Gasteiger partial charge in [-0.1, -0.05) is 6.92 Å². The summed E-state index contributed by atoms with van der Waals surface area (Å²) in [6.45, 7) is 4.90. The summed E-state index contributed by atoms with van der Waals surface area (Å²) in [6, 6.07) is 0.315. The molecule has 2 atom stereocenters. The minimum Gasteiger partial charge on any atom is -0.313 e. The zero-order valence-electron chi connectivity index (χ0n) is 9.32. The third-order valence-corrected chi connectivity index (χ3v) is 4.17. The van der Waals surface area contributed by atoms with Gasteiger partial charge >= 0.3 is 0 Å². The fraction of sp³-hybridized carbons (Fsp3) is 1.00. The van der Waals surface area contributed by atoms with E-state index in [9.17, 15) is 8.42 Å². The van der Waals surface area contributed by atoms with Crippen LogP contribution in [0, 0.1) is 0 Å². The van der Waals surface area contributed by atoms with Crippen LogP contribution in [-0.4, -0.2) is 32.8 Å². The van der Waals surface area contributed by atoms with Crippen LogP contribution in [0.3, 0.4) is 0 Å². The van der Waals surface area contributed by atoms with Crippen molar-refractivity contribution in [2.24, 2.45) is 0 Å². The van der Waals surface area contributed by atoms with E-state index in [0.29, 0.717) is 6.42 Å². The lowest BCUT2D eigenvalue weighted by Crippen LogP contribution is -2.52. The first-order valence-corrected chi connectivity index (χ1v) is 6.94. The van der Waals surface area contributed by atoms with Gasteiger partial charge in [0.15, 0.2) is 0 Å². The van der Waals surface area contributed by atoms with Gasteiger partial charge in [0.25, 0.3) is 0 Å². The number of hydrogen-bond donors (Lipinski definition) is 2. The molecule has 0 radical (unpaired) electrons. The summed E-state index contributed by atoms with van der Waals surface area (Å²) in [5.41, 5.74) is 0. The highest BCUT2D eigenvalue weighted by Crippen LogP contribution is 2.09. The molecule has 0 saturated carbocycles. The average molecular weight is 257 g/mol. The van der Waals surface area contributed by atoms with Crippen molar-refractivity contribution in [3.63, 3.8) is 0 Å². The molecule has 4 nitrogen and oxygen atoms in total. The molecule has 0 bridgehead atoms. The van der Waals surface area contributed by atoms with E-state index in [1.54, 1.807) is 0 Å². The Morgan fingerprint density at radius 3 is 2.67 bits per heavy atom. The van der Waals surface area contributed by atoms with Crippen LogP contribution in [-0.2, 0) is 10.0 Å². The highest BCUT2D eigenvalue weighted by Gasteiger charge is 2.24. The predicted molar refractivity (Wildman–Crippen MR) is 64.9 cm³/mol. The standard InChI is InChI=1S/C9H20N2O2S.ClH/c1-3-7-14(12,13)11-9-5-4-6-10-8(9)2;/h8-11H,3-7H2,1-2H3;1H. The minimum atomic E-state index is -3.05. The van der Waals surface area contributed by atoms with Crippen molar-refractivity contribution in [3.8, 4) is 0 Å². The largest absolute Gasteiger partial charge is 0.313 e.